The molecule has 1 saturated carbocycles. The first kappa shape index (κ1) is 11.0. The van der Waals surface area contributed by atoms with E-state index in [1.54, 1.807) is 0 Å². The standard InChI is InChI=1S/C12H24O/c1-3-5-10-6-8-11(9-7-10)12(13)4-2/h10-13H,3-9H2,1-2H3. The van der Waals surface area contributed by atoms with Crippen LogP contribution in [-0.2, 0) is 0 Å². The van der Waals surface area contributed by atoms with E-state index in [4.69, 9.17) is 0 Å². The third kappa shape index (κ3) is 3.30. The summed E-state index contributed by atoms with van der Waals surface area (Å²) < 4.78 is 0. The molecule has 0 aromatic rings. The Hall–Kier alpha value is -0.0400. The molecular formula is C12H24O. The zero-order valence-corrected chi connectivity index (χ0v) is 9.13. The van der Waals surface area contributed by atoms with Crippen LogP contribution in [0.2, 0.25) is 0 Å². The molecule has 0 radical (unpaired) electrons. The Balaban J connectivity index is 2.22. The first-order chi connectivity index (χ1) is 6.27. The molecule has 0 aliphatic heterocycles. The van der Waals surface area contributed by atoms with Crippen LogP contribution in [-0.4, -0.2) is 11.2 Å². The zero-order chi connectivity index (χ0) is 9.68. The van der Waals surface area contributed by atoms with Crippen molar-refractivity contribution in [2.75, 3.05) is 0 Å². The monoisotopic (exact) mass is 184 g/mol. The van der Waals surface area contributed by atoms with E-state index in [1.807, 2.05) is 0 Å². The second-order valence-electron chi connectivity index (χ2n) is 4.55. The van der Waals surface area contributed by atoms with Crippen LogP contribution in [0.25, 0.3) is 0 Å². The summed E-state index contributed by atoms with van der Waals surface area (Å²) in [6.45, 7) is 4.36. The first-order valence-electron chi connectivity index (χ1n) is 5.96. The molecule has 1 heteroatoms. The van der Waals surface area contributed by atoms with Crippen molar-refractivity contribution in [3.63, 3.8) is 0 Å². The predicted octanol–water partition coefficient (Wildman–Crippen LogP) is 3.36. The molecule has 1 fully saturated rings. The molecule has 0 aromatic heterocycles. The molecule has 0 bridgehead atoms. The van der Waals surface area contributed by atoms with Gasteiger partial charge in [0.1, 0.15) is 0 Å². The van der Waals surface area contributed by atoms with Crippen molar-refractivity contribution in [2.45, 2.75) is 64.9 Å². The lowest BCUT2D eigenvalue weighted by Gasteiger charge is -2.30. The van der Waals surface area contributed by atoms with Gasteiger partial charge in [0.2, 0.25) is 0 Å². The minimum atomic E-state index is -0.0254. The summed E-state index contributed by atoms with van der Waals surface area (Å²) in [5.74, 6) is 1.57. The fraction of sp³-hybridized carbons (Fsp3) is 1.00. The Labute approximate surface area is 82.5 Å². The highest BCUT2D eigenvalue weighted by molar-refractivity contribution is 4.76. The summed E-state index contributed by atoms with van der Waals surface area (Å²) in [6, 6.07) is 0. The van der Waals surface area contributed by atoms with Gasteiger partial charge >= 0.3 is 0 Å². The first-order valence-corrected chi connectivity index (χ1v) is 5.96. The molecule has 13 heavy (non-hydrogen) atoms. The van der Waals surface area contributed by atoms with Gasteiger partial charge in [-0.25, -0.2) is 0 Å². The molecule has 78 valence electrons. The minimum Gasteiger partial charge on any atom is -0.393 e. The molecule has 1 unspecified atom stereocenters. The van der Waals surface area contributed by atoms with Crippen molar-refractivity contribution < 1.29 is 5.11 Å². The van der Waals surface area contributed by atoms with Gasteiger partial charge in [0, 0.05) is 0 Å². The molecule has 1 rings (SSSR count). The van der Waals surface area contributed by atoms with Crippen LogP contribution in [0.5, 0.6) is 0 Å². The van der Waals surface area contributed by atoms with E-state index in [2.05, 4.69) is 13.8 Å². The Morgan fingerprint density at radius 2 is 1.77 bits per heavy atom. The van der Waals surface area contributed by atoms with Crippen LogP contribution < -0.4 is 0 Å². The summed E-state index contributed by atoms with van der Waals surface area (Å²) in [7, 11) is 0. The fourth-order valence-corrected chi connectivity index (χ4v) is 2.60. The van der Waals surface area contributed by atoms with Gasteiger partial charge in [-0.15, -0.1) is 0 Å². The third-order valence-electron chi connectivity index (χ3n) is 3.55. The Kier molecular flexibility index (Phi) is 4.79. The number of rotatable bonds is 4. The topological polar surface area (TPSA) is 20.2 Å². The second-order valence-corrected chi connectivity index (χ2v) is 4.55. The van der Waals surface area contributed by atoms with Crippen LogP contribution in [0.4, 0.5) is 0 Å². The largest absolute Gasteiger partial charge is 0.393 e. The molecule has 0 spiro atoms. The highest BCUT2D eigenvalue weighted by Crippen LogP contribution is 2.33. The molecule has 1 aliphatic carbocycles. The molecule has 0 amide bonds. The van der Waals surface area contributed by atoms with Gasteiger partial charge in [-0.2, -0.15) is 0 Å². The Morgan fingerprint density at radius 3 is 2.23 bits per heavy atom. The van der Waals surface area contributed by atoms with Crippen molar-refractivity contribution in [1.29, 1.82) is 0 Å². The van der Waals surface area contributed by atoms with Gasteiger partial charge in [-0.05, 0) is 31.1 Å². The average molecular weight is 184 g/mol. The molecular weight excluding hydrogens is 160 g/mol. The molecule has 1 atom stereocenters. The number of aliphatic hydroxyl groups excluding tert-OH is 1. The predicted molar refractivity (Wildman–Crippen MR) is 56.7 cm³/mol. The van der Waals surface area contributed by atoms with Gasteiger partial charge in [-0.1, -0.05) is 39.5 Å². The molecule has 1 N–H and O–H groups in total. The van der Waals surface area contributed by atoms with E-state index < -0.39 is 0 Å². The summed E-state index contributed by atoms with van der Waals surface area (Å²) in [4.78, 5) is 0. The highest BCUT2D eigenvalue weighted by Gasteiger charge is 2.24. The summed E-state index contributed by atoms with van der Waals surface area (Å²) in [6.07, 6.45) is 8.87. The van der Waals surface area contributed by atoms with E-state index in [9.17, 15) is 5.11 Å². The fourth-order valence-electron chi connectivity index (χ4n) is 2.60. The summed E-state index contributed by atoms with van der Waals surface area (Å²) >= 11 is 0. The van der Waals surface area contributed by atoms with Crippen molar-refractivity contribution in [1.82, 2.24) is 0 Å². The zero-order valence-electron chi connectivity index (χ0n) is 9.13. The van der Waals surface area contributed by atoms with E-state index in [0.29, 0.717) is 5.92 Å². The lowest BCUT2D eigenvalue weighted by atomic mass is 9.77. The lowest BCUT2D eigenvalue weighted by Crippen LogP contribution is -2.25. The van der Waals surface area contributed by atoms with Gasteiger partial charge in [0.05, 0.1) is 6.10 Å². The maximum Gasteiger partial charge on any atom is 0.0565 e. The SMILES string of the molecule is CCCC1CCC(C(O)CC)CC1. The minimum absolute atomic E-state index is 0.0254. The Morgan fingerprint density at radius 1 is 1.15 bits per heavy atom. The van der Waals surface area contributed by atoms with E-state index >= 15 is 0 Å². The smallest absolute Gasteiger partial charge is 0.0565 e. The second kappa shape index (κ2) is 5.64. The number of hydrogen-bond acceptors (Lipinski definition) is 1. The molecule has 1 aliphatic rings. The van der Waals surface area contributed by atoms with Crippen molar-refractivity contribution in [3.8, 4) is 0 Å². The molecule has 0 heterocycles. The molecule has 0 aromatic carbocycles. The maximum absolute atomic E-state index is 9.70. The van der Waals surface area contributed by atoms with Gasteiger partial charge in [-0.3, -0.25) is 0 Å². The quantitative estimate of drug-likeness (QED) is 0.710. The van der Waals surface area contributed by atoms with E-state index in [-0.39, 0.29) is 6.10 Å². The van der Waals surface area contributed by atoms with Crippen LogP contribution in [0.3, 0.4) is 0 Å². The lowest BCUT2D eigenvalue weighted by molar-refractivity contribution is 0.0696. The summed E-state index contributed by atoms with van der Waals surface area (Å²) in [5.41, 5.74) is 0. The Bertz CT molecular complexity index is 125. The van der Waals surface area contributed by atoms with Gasteiger partial charge in [0.25, 0.3) is 0 Å². The third-order valence-corrected chi connectivity index (χ3v) is 3.55. The van der Waals surface area contributed by atoms with Gasteiger partial charge < -0.3 is 5.11 Å². The van der Waals surface area contributed by atoms with Crippen molar-refractivity contribution in [2.24, 2.45) is 11.8 Å². The highest BCUT2D eigenvalue weighted by atomic mass is 16.3. The number of hydrogen-bond donors (Lipinski definition) is 1. The van der Waals surface area contributed by atoms with Crippen LogP contribution in [0, 0.1) is 11.8 Å². The average Bonchev–Trinajstić information content (AvgIpc) is 2.18. The van der Waals surface area contributed by atoms with Crippen molar-refractivity contribution in [3.05, 3.63) is 0 Å². The van der Waals surface area contributed by atoms with Gasteiger partial charge in [0.15, 0.2) is 0 Å². The van der Waals surface area contributed by atoms with Crippen LogP contribution >= 0.6 is 0 Å². The maximum atomic E-state index is 9.70. The molecule has 1 nitrogen and oxygen atoms in total. The van der Waals surface area contributed by atoms with Crippen LogP contribution in [0.15, 0.2) is 0 Å². The molecule has 0 saturated heterocycles. The van der Waals surface area contributed by atoms with Crippen molar-refractivity contribution >= 4 is 0 Å². The van der Waals surface area contributed by atoms with E-state index in [0.717, 1.165) is 12.3 Å². The van der Waals surface area contributed by atoms with E-state index in [1.165, 1.54) is 38.5 Å². The van der Waals surface area contributed by atoms with Crippen LogP contribution in [0.1, 0.15) is 58.8 Å². The summed E-state index contributed by atoms with van der Waals surface area (Å²) in [5, 5.41) is 9.70. The number of aliphatic hydroxyl groups is 1. The normalized spacial score (nSPS) is 31.6.